The lowest BCUT2D eigenvalue weighted by Gasteiger charge is -2.11. The van der Waals surface area contributed by atoms with Crippen molar-refractivity contribution in [2.45, 2.75) is 18.4 Å². The van der Waals surface area contributed by atoms with Crippen molar-refractivity contribution in [3.8, 4) is 0 Å². The summed E-state index contributed by atoms with van der Waals surface area (Å²) < 4.78 is 40.8. The van der Waals surface area contributed by atoms with Gasteiger partial charge in [-0.1, -0.05) is 18.3 Å². The summed E-state index contributed by atoms with van der Waals surface area (Å²) in [6.45, 7) is 2.03. The predicted octanol–water partition coefficient (Wildman–Crippen LogP) is 2.31. The molecule has 1 heterocycles. The summed E-state index contributed by atoms with van der Waals surface area (Å²) >= 11 is 6.19. The minimum Gasteiger partial charge on any atom is -0.389 e. The monoisotopic (exact) mass is 344 g/mol. The highest BCUT2D eigenvalue weighted by molar-refractivity contribution is 7.89. The van der Waals surface area contributed by atoms with Gasteiger partial charge in [0.1, 0.15) is 10.8 Å². The molecular formula is C13H13FN2O2S3. The van der Waals surface area contributed by atoms with E-state index in [1.807, 2.05) is 18.4 Å². The van der Waals surface area contributed by atoms with Gasteiger partial charge >= 0.3 is 0 Å². The van der Waals surface area contributed by atoms with Crippen molar-refractivity contribution in [2.75, 3.05) is 0 Å². The zero-order valence-electron chi connectivity index (χ0n) is 11.1. The maximum Gasteiger partial charge on any atom is 0.241 e. The Kier molecular flexibility index (Phi) is 4.72. The third-order valence-electron chi connectivity index (χ3n) is 2.90. The Balaban J connectivity index is 2.34. The van der Waals surface area contributed by atoms with Crippen LogP contribution < -0.4 is 10.5 Å². The highest BCUT2D eigenvalue weighted by Crippen LogP contribution is 2.20. The lowest BCUT2D eigenvalue weighted by atomic mass is 10.2. The Morgan fingerprint density at radius 1 is 1.43 bits per heavy atom. The second-order valence-corrected chi connectivity index (χ2v) is 7.50. The van der Waals surface area contributed by atoms with Crippen molar-refractivity contribution in [3.05, 3.63) is 51.5 Å². The van der Waals surface area contributed by atoms with Crippen molar-refractivity contribution in [1.82, 2.24) is 4.72 Å². The van der Waals surface area contributed by atoms with Gasteiger partial charge in [0.2, 0.25) is 10.0 Å². The summed E-state index contributed by atoms with van der Waals surface area (Å²) in [7, 11) is -3.90. The van der Waals surface area contributed by atoms with E-state index in [2.05, 4.69) is 4.72 Å². The van der Waals surface area contributed by atoms with Crippen LogP contribution in [0.15, 0.2) is 34.5 Å². The molecule has 4 nitrogen and oxygen atoms in total. The maximum absolute atomic E-state index is 13.8. The van der Waals surface area contributed by atoms with Crippen LogP contribution in [-0.4, -0.2) is 13.4 Å². The number of nitrogens with one attached hydrogen (secondary N) is 1. The average Bonchev–Trinajstić information content (AvgIpc) is 2.81. The van der Waals surface area contributed by atoms with Crippen molar-refractivity contribution in [2.24, 2.45) is 5.73 Å². The molecule has 112 valence electrons. The molecule has 1 aromatic carbocycles. The zero-order chi connectivity index (χ0) is 15.6. The van der Waals surface area contributed by atoms with E-state index in [4.69, 9.17) is 18.0 Å². The van der Waals surface area contributed by atoms with E-state index in [0.29, 0.717) is 0 Å². The number of thiophene rings is 1. The van der Waals surface area contributed by atoms with E-state index in [-0.39, 0.29) is 22.0 Å². The summed E-state index contributed by atoms with van der Waals surface area (Å²) in [5, 5.41) is 1.88. The number of sulfonamides is 1. The molecule has 0 radical (unpaired) electrons. The van der Waals surface area contributed by atoms with Gasteiger partial charge in [0.25, 0.3) is 0 Å². The Hall–Kier alpha value is -1.35. The molecule has 0 atom stereocenters. The molecule has 0 saturated carbocycles. The van der Waals surface area contributed by atoms with Gasteiger partial charge < -0.3 is 5.73 Å². The minimum atomic E-state index is -3.90. The first-order chi connectivity index (χ1) is 9.83. The second kappa shape index (κ2) is 6.18. The molecule has 1 aromatic heterocycles. The number of hydrogen-bond donors (Lipinski definition) is 2. The average molecular weight is 344 g/mol. The molecule has 21 heavy (non-hydrogen) atoms. The largest absolute Gasteiger partial charge is 0.389 e. The number of nitrogens with two attached hydrogens (primary N) is 1. The molecule has 0 aliphatic rings. The standard InChI is InChI=1S/C13H13FN2O2S3/c1-8-5-6-20-10(8)7-16-21(17,18)11-4-2-3-9(14)12(11)13(15)19/h2-6,16H,7H2,1H3,(H2,15,19). The number of halogens is 1. The normalized spacial score (nSPS) is 11.5. The lowest BCUT2D eigenvalue weighted by molar-refractivity contribution is 0.577. The molecule has 0 saturated heterocycles. The number of hydrogen-bond acceptors (Lipinski definition) is 4. The van der Waals surface area contributed by atoms with E-state index < -0.39 is 15.8 Å². The Bertz CT molecular complexity index is 784. The minimum absolute atomic E-state index is 0.138. The molecule has 0 aliphatic heterocycles. The van der Waals surface area contributed by atoms with Crippen molar-refractivity contribution < 1.29 is 12.8 Å². The molecule has 2 aromatic rings. The summed E-state index contributed by atoms with van der Waals surface area (Å²) in [5.74, 6) is -0.752. The van der Waals surface area contributed by atoms with Crippen LogP contribution >= 0.6 is 23.6 Å². The van der Waals surface area contributed by atoms with Crippen molar-refractivity contribution >= 4 is 38.6 Å². The number of benzene rings is 1. The zero-order valence-corrected chi connectivity index (χ0v) is 13.5. The molecule has 3 N–H and O–H groups in total. The topological polar surface area (TPSA) is 72.2 Å². The van der Waals surface area contributed by atoms with Crippen LogP contribution in [0.4, 0.5) is 4.39 Å². The van der Waals surface area contributed by atoms with Gasteiger partial charge in [0, 0.05) is 11.4 Å². The molecule has 0 bridgehead atoms. The van der Waals surface area contributed by atoms with Crippen LogP contribution in [0, 0.1) is 12.7 Å². The van der Waals surface area contributed by atoms with Gasteiger partial charge in [0.05, 0.1) is 10.5 Å². The highest BCUT2D eigenvalue weighted by atomic mass is 32.2. The van der Waals surface area contributed by atoms with Crippen LogP contribution in [-0.2, 0) is 16.6 Å². The summed E-state index contributed by atoms with van der Waals surface area (Å²) in [4.78, 5) is 0.358. The molecule has 0 spiro atoms. The first-order valence-electron chi connectivity index (χ1n) is 5.94. The first-order valence-corrected chi connectivity index (χ1v) is 8.71. The van der Waals surface area contributed by atoms with Crippen molar-refractivity contribution in [1.29, 1.82) is 0 Å². The third-order valence-corrected chi connectivity index (χ3v) is 5.57. The van der Waals surface area contributed by atoms with Gasteiger partial charge in [0.15, 0.2) is 0 Å². The number of thiocarbonyl (C=S) groups is 1. The quantitative estimate of drug-likeness (QED) is 0.817. The van der Waals surface area contributed by atoms with Gasteiger partial charge in [-0.3, -0.25) is 0 Å². The Labute approximate surface area is 131 Å². The van der Waals surface area contributed by atoms with E-state index >= 15 is 0 Å². The van der Waals surface area contributed by atoms with Gasteiger partial charge in [-0.2, -0.15) is 0 Å². The molecule has 0 unspecified atom stereocenters. The van der Waals surface area contributed by atoms with Crippen LogP contribution in [0.3, 0.4) is 0 Å². The molecular weight excluding hydrogens is 331 g/mol. The Morgan fingerprint density at radius 3 is 2.71 bits per heavy atom. The van der Waals surface area contributed by atoms with E-state index in [9.17, 15) is 12.8 Å². The molecule has 2 rings (SSSR count). The number of aryl methyl sites for hydroxylation is 1. The highest BCUT2D eigenvalue weighted by Gasteiger charge is 2.22. The third kappa shape index (κ3) is 3.46. The van der Waals surface area contributed by atoms with E-state index in [1.165, 1.54) is 23.5 Å². The SMILES string of the molecule is Cc1ccsc1CNS(=O)(=O)c1cccc(F)c1C(N)=S. The summed E-state index contributed by atoms with van der Waals surface area (Å²) in [6, 6.07) is 5.61. The molecule has 0 fully saturated rings. The van der Waals surface area contributed by atoms with Gasteiger partial charge in [-0.05, 0) is 36.1 Å². The van der Waals surface area contributed by atoms with Gasteiger partial charge in [-0.15, -0.1) is 11.3 Å². The molecule has 0 amide bonds. The van der Waals surface area contributed by atoms with Crippen LogP contribution in [0.2, 0.25) is 0 Å². The van der Waals surface area contributed by atoms with Crippen molar-refractivity contribution in [3.63, 3.8) is 0 Å². The molecule has 0 aliphatic carbocycles. The fraction of sp³-hybridized carbons (Fsp3) is 0.154. The number of rotatable bonds is 5. The fourth-order valence-electron chi connectivity index (χ4n) is 1.79. The second-order valence-electron chi connectivity index (χ2n) is 4.33. The van der Waals surface area contributed by atoms with Gasteiger partial charge in [-0.25, -0.2) is 17.5 Å². The van der Waals surface area contributed by atoms with E-state index in [1.54, 1.807) is 0 Å². The Morgan fingerprint density at radius 2 is 2.14 bits per heavy atom. The first kappa shape index (κ1) is 16.0. The lowest BCUT2D eigenvalue weighted by Crippen LogP contribution is -2.27. The summed E-state index contributed by atoms with van der Waals surface area (Å²) in [5.41, 5.74) is 6.16. The van der Waals surface area contributed by atoms with E-state index in [0.717, 1.165) is 16.5 Å². The smallest absolute Gasteiger partial charge is 0.241 e. The van der Waals surface area contributed by atoms with Crippen LogP contribution in [0.1, 0.15) is 16.0 Å². The maximum atomic E-state index is 13.8. The molecule has 8 heteroatoms. The van der Waals surface area contributed by atoms with Crippen LogP contribution in [0.25, 0.3) is 0 Å². The summed E-state index contributed by atoms with van der Waals surface area (Å²) in [6.07, 6.45) is 0. The predicted molar refractivity (Wildman–Crippen MR) is 85.4 cm³/mol. The fourth-order valence-corrected chi connectivity index (χ4v) is 4.22. The van der Waals surface area contributed by atoms with Crippen LogP contribution in [0.5, 0.6) is 0 Å².